The molecule has 0 aliphatic carbocycles. The monoisotopic (exact) mass is 373 g/mol. The molecule has 5 nitrogen and oxygen atoms in total. The second-order valence-corrected chi connectivity index (χ2v) is 8.52. The van der Waals surface area contributed by atoms with Gasteiger partial charge in [0.1, 0.15) is 0 Å². The predicted octanol–water partition coefficient (Wildman–Crippen LogP) is 3.34. The van der Waals surface area contributed by atoms with Crippen molar-refractivity contribution in [3.8, 4) is 0 Å². The van der Waals surface area contributed by atoms with Crippen LogP contribution in [0.3, 0.4) is 0 Å². The maximum atomic E-state index is 12.0. The number of morpholine rings is 1. The zero-order valence-corrected chi connectivity index (χ0v) is 15.5. The summed E-state index contributed by atoms with van der Waals surface area (Å²) < 4.78 is 7.11. The number of carbonyl (C=O) groups is 1. The lowest BCUT2D eigenvalue weighted by atomic mass is 10.0. The smallest absolute Gasteiger partial charge is 0.259 e. The van der Waals surface area contributed by atoms with E-state index in [4.69, 9.17) is 10.5 Å². The van der Waals surface area contributed by atoms with Gasteiger partial charge in [-0.25, -0.2) is 4.98 Å². The van der Waals surface area contributed by atoms with E-state index in [2.05, 4.69) is 9.88 Å². The van der Waals surface area contributed by atoms with Crippen LogP contribution in [-0.4, -0.2) is 35.5 Å². The SMILES string of the molecule is Cc1ncc(CN2CCOC(c3c(C(N)=O)sc4ccccc34)C2)s1. The molecule has 3 heterocycles. The number of amides is 1. The fourth-order valence-corrected chi connectivity index (χ4v) is 5.23. The average molecular weight is 374 g/mol. The van der Waals surface area contributed by atoms with E-state index in [1.165, 1.54) is 16.2 Å². The van der Waals surface area contributed by atoms with Gasteiger partial charge in [0.25, 0.3) is 5.91 Å². The van der Waals surface area contributed by atoms with E-state index in [-0.39, 0.29) is 12.0 Å². The van der Waals surface area contributed by atoms with Gasteiger partial charge in [0.05, 0.1) is 22.6 Å². The summed E-state index contributed by atoms with van der Waals surface area (Å²) in [6.07, 6.45) is 1.81. The highest BCUT2D eigenvalue weighted by atomic mass is 32.1. The number of aryl methyl sites for hydroxylation is 1. The molecule has 1 unspecified atom stereocenters. The first-order valence-electron chi connectivity index (χ1n) is 8.18. The maximum absolute atomic E-state index is 12.0. The van der Waals surface area contributed by atoms with Crippen molar-refractivity contribution in [2.45, 2.75) is 19.6 Å². The highest BCUT2D eigenvalue weighted by Gasteiger charge is 2.29. The van der Waals surface area contributed by atoms with Crippen molar-refractivity contribution in [1.29, 1.82) is 0 Å². The second kappa shape index (κ2) is 6.84. The zero-order valence-electron chi connectivity index (χ0n) is 13.9. The molecule has 7 heteroatoms. The van der Waals surface area contributed by atoms with Gasteiger partial charge in [0, 0.05) is 41.0 Å². The first-order valence-corrected chi connectivity index (χ1v) is 9.81. The van der Waals surface area contributed by atoms with Crippen LogP contribution < -0.4 is 5.73 Å². The van der Waals surface area contributed by atoms with Gasteiger partial charge in [-0.05, 0) is 18.4 Å². The number of hydrogen-bond acceptors (Lipinski definition) is 6. The van der Waals surface area contributed by atoms with Gasteiger partial charge < -0.3 is 10.5 Å². The number of primary amides is 1. The molecule has 1 saturated heterocycles. The molecule has 0 spiro atoms. The molecular formula is C18H19N3O2S2. The first-order chi connectivity index (χ1) is 12.1. The topological polar surface area (TPSA) is 68.5 Å². The minimum atomic E-state index is -0.380. The van der Waals surface area contributed by atoms with E-state index in [1.807, 2.05) is 37.4 Å². The Bertz CT molecular complexity index is 918. The molecule has 3 aromatic rings. The second-order valence-electron chi connectivity index (χ2n) is 6.15. The fourth-order valence-electron chi connectivity index (χ4n) is 3.29. The lowest BCUT2D eigenvalue weighted by molar-refractivity contribution is -0.0320. The van der Waals surface area contributed by atoms with Crippen LogP contribution in [0, 0.1) is 6.92 Å². The number of carbonyl (C=O) groups excluding carboxylic acids is 1. The largest absolute Gasteiger partial charge is 0.371 e. The van der Waals surface area contributed by atoms with Gasteiger partial charge >= 0.3 is 0 Å². The van der Waals surface area contributed by atoms with Gasteiger partial charge in [-0.3, -0.25) is 9.69 Å². The lowest BCUT2D eigenvalue weighted by Gasteiger charge is -2.33. The molecule has 4 rings (SSSR count). The van der Waals surface area contributed by atoms with Crippen molar-refractivity contribution in [1.82, 2.24) is 9.88 Å². The molecule has 1 aromatic carbocycles. The molecule has 1 atom stereocenters. The number of nitrogens with zero attached hydrogens (tertiary/aromatic N) is 2. The summed E-state index contributed by atoms with van der Waals surface area (Å²) >= 11 is 3.18. The highest BCUT2D eigenvalue weighted by Crippen LogP contribution is 2.38. The minimum absolute atomic E-state index is 0.138. The number of fused-ring (bicyclic) bond motifs is 1. The van der Waals surface area contributed by atoms with E-state index in [0.717, 1.165) is 40.3 Å². The fraction of sp³-hybridized carbons (Fsp3) is 0.333. The van der Waals surface area contributed by atoms with Gasteiger partial charge in [-0.1, -0.05) is 18.2 Å². The molecule has 1 aliphatic heterocycles. The Morgan fingerprint density at radius 3 is 3.00 bits per heavy atom. The lowest BCUT2D eigenvalue weighted by Crippen LogP contribution is -2.38. The van der Waals surface area contributed by atoms with Crippen LogP contribution >= 0.6 is 22.7 Å². The molecule has 0 bridgehead atoms. The third-order valence-electron chi connectivity index (χ3n) is 4.38. The number of aromatic nitrogens is 1. The van der Waals surface area contributed by atoms with Crippen molar-refractivity contribution in [3.05, 3.63) is 50.8 Å². The molecule has 25 heavy (non-hydrogen) atoms. The summed E-state index contributed by atoms with van der Waals surface area (Å²) in [4.78, 5) is 20.5. The Balaban J connectivity index is 1.63. The van der Waals surface area contributed by atoms with Crippen molar-refractivity contribution in [3.63, 3.8) is 0 Å². The molecular weight excluding hydrogens is 354 g/mol. The first kappa shape index (κ1) is 16.7. The molecule has 1 aliphatic rings. The maximum Gasteiger partial charge on any atom is 0.259 e. The summed E-state index contributed by atoms with van der Waals surface area (Å²) in [6.45, 7) is 5.15. The Morgan fingerprint density at radius 2 is 2.24 bits per heavy atom. The molecule has 2 N–H and O–H groups in total. The van der Waals surface area contributed by atoms with Crippen LogP contribution in [0.25, 0.3) is 10.1 Å². The quantitative estimate of drug-likeness (QED) is 0.762. The minimum Gasteiger partial charge on any atom is -0.371 e. The van der Waals surface area contributed by atoms with Gasteiger partial charge in [0.2, 0.25) is 0 Å². The molecule has 1 amide bonds. The van der Waals surface area contributed by atoms with Crippen molar-refractivity contribution in [2.75, 3.05) is 19.7 Å². The van der Waals surface area contributed by atoms with Crippen LogP contribution in [-0.2, 0) is 11.3 Å². The Kier molecular flexibility index (Phi) is 4.56. The Labute approximate surface area is 154 Å². The Hall–Kier alpha value is -1.80. The van der Waals surface area contributed by atoms with Gasteiger partial charge in [-0.2, -0.15) is 0 Å². The van der Waals surface area contributed by atoms with Crippen LogP contribution in [0.15, 0.2) is 30.5 Å². The number of ether oxygens (including phenoxy) is 1. The summed E-state index contributed by atoms with van der Waals surface area (Å²) in [5.41, 5.74) is 6.58. The van der Waals surface area contributed by atoms with E-state index in [1.54, 1.807) is 11.3 Å². The van der Waals surface area contributed by atoms with Crippen molar-refractivity contribution < 1.29 is 9.53 Å². The van der Waals surface area contributed by atoms with Crippen molar-refractivity contribution in [2.24, 2.45) is 5.73 Å². The van der Waals surface area contributed by atoms with E-state index in [9.17, 15) is 4.79 Å². The van der Waals surface area contributed by atoms with Gasteiger partial charge in [0.15, 0.2) is 0 Å². The molecule has 2 aromatic heterocycles. The zero-order chi connectivity index (χ0) is 17.4. The number of thiazole rings is 1. The normalized spacial score (nSPS) is 18.7. The summed E-state index contributed by atoms with van der Waals surface area (Å²) in [5.74, 6) is -0.380. The molecule has 0 radical (unpaired) electrons. The standard InChI is InChI=1S/C18H19N3O2S2/c1-11-20-8-12(24-11)9-21-6-7-23-14(10-21)16-13-4-2-3-5-15(13)25-17(16)18(19)22/h2-5,8,14H,6-7,9-10H2,1H3,(H2,19,22). The van der Waals surface area contributed by atoms with Crippen LogP contribution in [0.5, 0.6) is 0 Å². The average Bonchev–Trinajstić information content (AvgIpc) is 3.18. The van der Waals surface area contributed by atoms with Gasteiger partial charge in [-0.15, -0.1) is 22.7 Å². The van der Waals surface area contributed by atoms with E-state index < -0.39 is 0 Å². The van der Waals surface area contributed by atoms with Crippen LogP contribution in [0.2, 0.25) is 0 Å². The van der Waals surface area contributed by atoms with E-state index in [0.29, 0.717) is 11.5 Å². The third kappa shape index (κ3) is 3.32. The number of thiophene rings is 1. The predicted molar refractivity (Wildman–Crippen MR) is 101 cm³/mol. The molecule has 130 valence electrons. The molecule has 1 fully saturated rings. The Morgan fingerprint density at radius 1 is 1.40 bits per heavy atom. The number of rotatable bonds is 4. The van der Waals surface area contributed by atoms with Crippen LogP contribution in [0.1, 0.15) is 31.2 Å². The third-order valence-corrected chi connectivity index (χ3v) is 6.48. The molecule has 0 saturated carbocycles. The van der Waals surface area contributed by atoms with E-state index >= 15 is 0 Å². The summed E-state index contributed by atoms with van der Waals surface area (Å²) in [6, 6.07) is 8.04. The summed E-state index contributed by atoms with van der Waals surface area (Å²) in [5, 5.41) is 2.15. The van der Waals surface area contributed by atoms with Crippen LogP contribution in [0.4, 0.5) is 0 Å². The number of nitrogens with two attached hydrogens (primary N) is 1. The number of hydrogen-bond donors (Lipinski definition) is 1. The highest BCUT2D eigenvalue weighted by molar-refractivity contribution is 7.21. The van der Waals surface area contributed by atoms with Crippen molar-refractivity contribution >= 4 is 38.7 Å². The summed E-state index contributed by atoms with van der Waals surface area (Å²) in [7, 11) is 0. The number of benzene rings is 1.